The molecule has 0 bridgehead atoms. The predicted octanol–water partition coefficient (Wildman–Crippen LogP) is 4.03. The normalized spacial score (nSPS) is 21.3. The highest BCUT2D eigenvalue weighted by Crippen LogP contribution is 2.20. The Morgan fingerprint density at radius 3 is 3.00 bits per heavy atom. The van der Waals surface area contributed by atoms with E-state index in [0.717, 1.165) is 23.9 Å². The lowest BCUT2D eigenvalue weighted by molar-refractivity contribution is 0.00501. The summed E-state index contributed by atoms with van der Waals surface area (Å²) in [7, 11) is 0. The van der Waals surface area contributed by atoms with Gasteiger partial charge in [0.25, 0.3) is 0 Å². The topological polar surface area (TPSA) is 21.3 Å². The van der Waals surface area contributed by atoms with E-state index in [2.05, 4.69) is 28.2 Å². The van der Waals surface area contributed by atoms with Gasteiger partial charge < -0.3 is 10.1 Å². The van der Waals surface area contributed by atoms with Crippen molar-refractivity contribution in [2.24, 2.45) is 0 Å². The highest BCUT2D eigenvalue weighted by molar-refractivity contribution is 9.10. The number of benzene rings is 1. The van der Waals surface area contributed by atoms with Gasteiger partial charge in [0.1, 0.15) is 5.82 Å². The fraction of sp³-hybridized carbons (Fsp3) is 0.600. The van der Waals surface area contributed by atoms with Crippen LogP contribution >= 0.6 is 15.9 Å². The number of ether oxygens (including phenoxy) is 1. The van der Waals surface area contributed by atoms with Crippen LogP contribution < -0.4 is 5.32 Å². The second-order valence-electron chi connectivity index (χ2n) is 5.05. The predicted molar refractivity (Wildman–Crippen MR) is 78.6 cm³/mol. The summed E-state index contributed by atoms with van der Waals surface area (Å²) in [6.45, 7) is 3.52. The van der Waals surface area contributed by atoms with E-state index < -0.39 is 0 Å². The first-order valence-corrected chi connectivity index (χ1v) is 7.79. The van der Waals surface area contributed by atoms with E-state index in [1.54, 1.807) is 12.1 Å². The van der Waals surface area contributed by atoms with Crippen molar-refractivity contribution in [2.75, 3.05) is 6.54 Å². The first-order valence-electron chi connectivity index (χ1n) is 6.99. The van der Waals surface area contributed by atoms with Crippen molar-refractivity contribution < 1.29 is 9.13 Å². The van der Waals surface area contributed by atoms with Gasteiger partial charge in [0.2, 0.25) is 0 Å². The van der Waals surface area contributed by atoms with Crippen molar-refractivity contribution >= 4 is 15.9 Å². The second kappa shape index (κ2) is 7.36. The Balaban J connectivity index is 1.93. The fourth-order valence-electron chi connectivity index (χ4n) is 2.57. The van der Waals surface area contributed by atoms with Gasteiger partial charge in [-0.3, -0.25) is 0 Å². The van der Waals surface area contributed by atoms with E-state index in [9.17, 15) is 4.39 Å². The Kier molecular flexibility index (Phi) is 5.79. The molecule has 0 radical (unpaired) electrons. The van der Waals surface area contributed by atoms with Crippen molar-refractivity contribution in [3.63, 3.8) is 0 Å². The largest absolute Gasteiger partial charge is 0.372 e. The van der Waals surface area contributed by atoms with Gasteiger partial charge >= 0.3 is 0 Å². The molecule has 0 saturated carbocycles. The maximum Gasteiger partial charge on any atom is 0.128 e. The van der Waals surface area contributed by atoms with Crippen molar-refractivity contribution in [1.82, 2.24) is 5.32 Å². The molecule has 1 aromatic carbocycles. The zero-order valence-electron chi connectivity index (χ0n) is 11.3. The highest BCUT2D eigenvalue weighted by atomic mass is 79.9. The molecule has 4 heteroatoms. The monoisotopic (exact) mass is 329 g/mol. The summed E-state index contributed by atoms with van der Waals surface area (Å²) in [5.41, 5.74) is 0.614. The van der Waals surface area contributed by atoms with Crippen LogP contribution in [0, 0.1) is 5.82 Å². The standard InChI is InChI=1S/C15H21BrFNO/c1-2-15(14-5-3-4-8-18-14)19-10-11-9-12(16)6-7-13(11)17/h6-7,9,14-15,18H,2-5,8,10H2,1H3. The van der Waals surface area contributed by atoms with Crippen molar-refractivity contribution in [3.8, 4) is 0 Å². The molecule has 1 N–H and O–H groups in total. The third-order valence-corrected chi connectivity index (χ3v) is 4.15. The smallest absolute Gasteiger partial charge is 0.128 e. The number of piperidine rings is 1. The minimum Gasteiger partial charge on any atom is -0.372 e. The summed E-state index contributed by atoms with van der Waals surface area (Å²) in [6, 6.07) is 5.38. The Morgan fingerprint density at radius 2 is 2.32 bits per heavy atom. The molecule has 2 atom stereocenters. The number of hydrogen-bond donors (Lipinski definition) is 1. The first-order chi connectivity index (χ1) is 9.20. The fourth-order valence-corrected chi connectivity index (χ4v) is 2.97. The van der Waals surface area contributed by atoms with Crippen LogP contribution in [0.1, 0.15) is 38.2 Å². The summed E-state index contributed by atoms with van der Waals surface area (Å²) < 4.78 is 20.5. The zero-order chi connectivity index (χ0) is 13.7. The van der Waals surface area contributed by atoms with E-state index in [-0.39, 0.29) is 11.9 Å². The summed E-state index contributed by atoms with van der Waals surface area (Å²) in [4.78, 5) is 0. The molecule has 1 saturated heterocycles. The van der Waals surface area contributed by atoms with E-state index >= 15 is 0 Å². The zero-order valence-corrected chi connectivity index (χ0v) is 12.9. The van der Waals surface area contributed by atoms with Gasteiger partial charge in [-0.15, -0.1) is 0 Å². The van der Waals surface area contributed by atoms with Gasteiger partial charge in [-0.25, -0.2) is 4.39 Å². The molecular weight excluding hydrogens is 309 g/mol. The quantitative estimate of drug-likeness (QED) is 0.880. The Hall–Kier alpha value is -0.450. The maximum atomic E-state index is 13.6. The van der Waals surface area contributed by atoms with Gasteiger partial charge in [-0.05, 0) is 44.0 Å². The molecule has 2 nitrogen and oxygen atoms in total. The summed E-state index contributed by atoms with van der Waals surface area (Å²) >= 11 is 3.36. The lowest BCUT2D eigenvalue weighted by atomic mass is 9.98. The molecule has 1 aliphatic heterocycles. The molecule has 2 rings (SSSR count). The second-order valence-corrected chi connectivity index (χ2v) is 5.97. The van der Waals surface area contributed by atoms with Gasteiger partial charge in [0.15, 0.2) is 0 Å². The van der Waals surface area contributed by atoms with Crippen LogP contribution in [0.5, 0.6) is 0 Å². The van der Waals surface area contributed by atoms with Gasteiger partial charge in [-0.2, -0.15) is 0 Å². The van der Waals surface area contributed by atoms with Crippen LogP contribution in [0.2, 0.25) is 0 Å². The molecule has 1 heterocycles. The average molecular weight is 330 g/mol. The summed E-state index contributed by atoms with van der Waals surface area (Å²) in [5.74, 6) is -0.199. The van der Waals surface area contributed by atoms with Crippen LogP contribution in [-0.2, 0) is 11.3 Å². The molecule has 0 aromatic heterocycles. The average Bonchev–Trinajstić information content (AvgIpc) is 2.44. The first kappa shape index (κ1) is 14.9. The minimum absolute atomic E-state index is 0.165. The molecule has 0 spiro atoms. The Bertz CT molecular complexity index is 407. The maximum absolute atomic E-state index is 13.6. The number of nitrogens with one attached hydrogen (secondary N) is 1. The lowest BCUT2D eigenvalue weighted by Crippen LogP contribution is -2.44. The van der Waals surface area contributed by atoms with Crippen molar-refractivity contribution in [3.05, 3.63) is 34.1 Å². The van der Waals surface area contributed by atoms with Crippen LogP contribution in [0.3, 0.4) is 0 Å². The summed E-state index contributed by atoms with van der Waals surface area (Å²) in [5, 5.41) is 3.50. The summed E-state index contributed by atoms with van der Waals surface area (Å²) in [6.07, 6.45) is 4.77. The van der Waals surface area contributed by atoms with E-state index in [1.807, 2.05) is 0 Å². The Labute approximate surface area is 122 Å². The molecule has 1 aromatic rings. The molecular formula is C15H21BrFNO. The van der Waals surface area contributed by atoms with Gasteiger partial charge in [-0.1, -0.05) is 29.3 Å². The molecule has 1 aliphatic rings. The number of hydrogen-bond acceptors (Lipinski definition) is 2. The van der Waals surface area contributed by atoms with Crippen LogP contribution in [0.4, 0.5) is 4.39 Å². The molecule has 1 fully saturated rings. The SMILES string of the molecule is CCC(OCc1cc(Br)ccc1F)C1CCCCN1. The number of halogens is 2. The third-order valence-electron chi connectivity index (χ3n) is 3.66. The van der Waals surface area contributed by atoms with E-state index in [0.29, 0.717) is 18.2 Å². The van der Waals surface area contributed by atoms with E-state index in [1.165, 1.54) is 18.9 Å². The van der Waals surface area contributed by atoms with Gasteiger partial charge in [0, 0.05) is 16.1 Å². The lowest BCUT2D eigenvalue weighted by Gasteiger charge is -2.30. The molecule has 2 unspecified atom stereocenters. The molecule has 0 amide bonds. The van der Waals surface area contributed by atoms with Crippen LogP contribution in [-0.4, -0.2) is 18.7 Å². The van der Waals surface area contributed by atoms with Crippen LogP contribution in [0.25, 0.3) is 0 Å². The van der Waals surface area contributed by atoms with Crippen molar-refractivity contribution in [2.45, 2.75) is 51.4 Å². The minimum atomic E-state index is -0.199. The van der Waals surface area contributed by atoms with Gasteiger partial charge in [0.05, 0.1) is 12.7 Å². The highest BCUT2D eigenvalue weighted by Gasteiger charge is 2.22. The van der Waals surface area contributed by atoms with Crippen LogP contribution in [0.15, 0.2) is 22.7 Å². The number of rotatable bonds is 5. The molecule has 0 aliphatic carbocycles. The molecule has 19 heavy (non-hydrogen) atoms. The molecule has 106 valence electrons. The third kappa shape index (κ3) is 4.26. The Morgan fingerprint density at radius 1 is 1.47 bits per heavy atom. The van der Waals surface area contributed by atoms with Crippen molar-refractivity contribution in [1.29, 1.82) is 0 Å². The van der Waals surface area contributed by atoms with E-state index in [4.69, 9.17) is 4.74 Å².